The quantitative estimate of drug-likeness (QED) is 0.664. The molecule has 0 saturated heterocycles. The van der Waals surface area contributed by atoms with E-state index in [2.05, 4.69) is 10.6 Å². The van der Waals surface area contributed by atoms with Crippen molar-refractivity contribution in [2.45, 2.75) is 27.2 Å². The van der Waals surface area contributed by atoms with E-state index in [0.29, 0.717) is 40.3 Å². The third-order valence-electron chi connectivity index (χ3n) is 4.39. The molecule has 2 aromatic carbocycles. The predicted molar refractivity (Wildman–Crippen MR) is 109 cm³/mol. The third kappa shape index (κ3) is 4.03. The number of ether oxygens (including phenoxy) is 2. The largest absolute Gasteiger partial charge is 0.454 e. The van der Waals surface area contributed by atoms with Crippen molar-refractivity contribution in [1.82, 2.24) is 0 Å². The first-order valence-electron chi connectivity index (χ1n) is 9.32. The Balaban J connectivity index is 1.63. The standard InChI is InChI=1S/C22H22N2O5/c1-22(2,3)11-18(25)24-19-14-6-4-5-7-15(14)29-20(19)21(26)23-13-8-9-16-17(10-13)28-12-27-16/h4-10H,11-12H2,1-3H3,(H,23,26)(H,24,25). The second-order valence-electron chi connectivity index (χ2n) is 8.11. The maximum absolute atomic E-state index is 12.9. The van der Waals surface area contributed by atoms with Gasteiger partial charge in [0.25, 0.3) is 5.91 Å². The average Bonchev–Trinajstić information content (AvgIpc) is 3.24. The summed E-state index contributed by atoms with van der Waals surface area (Å²) in [6.07, 6.45) is 0.315. The van der Waals surface area contributed by atoms with Crippen molar-refractivity contribution in [3.63, 3.8) is 0 Å². The zero-order valence-electron chi connectivity index (χ0n) is 16.5. The molecule has 0 aliphatic carbocycles. The monoisotopic (exact) mass is 394 g/mol. The van der Waals surface area contributed by atoms with Crippen LogP contribution in [0.1, 0.15) is 37.7 Å². The lowest BCUT2D eigenvalue weighted by Gasteiger charge is -2.17. The Hall–Kier alpha value is -3.48. The fourth-order valence-electron chi connectivity index (χ4n) is 3.16. The summed E-state index contributed by atoms with van der Waals surface area (Å²) in [4.78, 5) is 25.5. The Morgan fingerprint density at radius 3 is 2.55 bits per heavy atom. The molecule has 2 amide bonds. The fraction of sp³-hybridized carbons (Fsp3) is 0.273. The van der Waals surface area contributed by atoms with E-state index in [-0.39, 0.29) is 23.9 Å². The summed E-state index contributed by atoms with van der Waals surface area (Å²) in [7, 11) is 0. The number of rotatable bonds is 4. The highest BCUT2D eigenvalue weighted by molar-refractivity contribution is 6.14. The third-order valence-corrected chi connectivity index (χ3v) is 4.39. The highest BCUT2D eigenvalue weighted by Gasteiger charge is 2.25. The normalized spacial score (nSPS) is 12.8. The van der Waals surface area contributed by atoms with Gasteiger partial charge in [-0.3, -0.25) is 9.59 Å². The van der Waals surface area contributed by atoms with Gasteiger partial charge in [0.15, 0.2) is 11.5 Å². The number of carbonyl (C=O) groups is 2. The highest BCUT2D eigenvalue weighted by atomic mass is 16.7. The van der Waals surface area contributed by atoms with Crippen molar-refractivity contribution < 1.29 is 23.5 Å². The molecule has 0 fully saturated rings. The lowest BCUT2D eigenvalue weighted by molar-refractivity contribution is -0.117. The van der Waals surface area contributed by atoms with Gasteiger partial charge in [-0.15, -0.1) is 0 Å². The van der Waals surface area contributed by atoms with Gasteiger partial charge in [0.2, 0.25) is 18.5 Å². The summed E-state index contributed by atoms with van der Waals surface area (Å²) in [6.45, 7) is 6.09. The van der Waals surface area contributed by atoms with E-state index < -0.39 is 5.91 Å². The summed E-state index contributed by atoms with van der Waals surface area (Å²) in [6, 6.07) is 12.3. The Morgan fingerprint density at radius 1 is 1.00 bits per heavy atom. The number of benzene rings is 2. The molecule has 0 spiro atoms. The molecule has 7 nitrogen and oxygen atoms in total. The number of amides is 2. The average molecular weight is 394 g/mol. The van der Waals surface area contributed by atoms with Crippen LogP contribution in [0.15, 0.2) is 46.9 Å². The van der Waals surface area contributed by atoms with Crippen LogP contribution in [-0.4, -0.2) is 18.6 Å². The fourth-order valence-corrected chi connectivity index (χ4v) is 3.16. The molecule has 0 unspecified atom stereocenters. The number of carbonyl (C=O) groups excluding carboxylic acids is 2. The van der Waals surface area contributed by atoms with Gasteiger partial charge >= 0.3 is 0 Å². The van der Waals surface area contributed by atoms with Gasteiger partial charge in [0.1, 0.15) is 11.3 Å². The molecule has 0 atom stereocenters. The van der Waals surface area contributed by atoms with Gasteiger partial charge in [-0.25, -0.2) is 0 Å². The van der Waals surface area contributed by atoms with Crippen LogP contribution in [0.2, 0.25) is 0 Å². The van der Waals surface area contributed by atoms with Gasteiger partial charge < -0.3 is 24.5 Å². The highest BCUT2D eigenvalue weighted by Crippen LogP contribution is 2.36. The molecule has 7 heteroatoms. The number of fused-ring (bicyclic) bond motifs is 2. The van der Waals surface area contributed by atoms with E-state index in [9.17, 15) is 9.59 Å². The molecule has 0 radical (unpaired) electrons. The van der Waals surface area contributed by atoms with Crippen LogP contribution >= 0.6 is 0 Å². The van der Waals surface area contributed by atoms with Gasteiger partial charge in [0.05, 0.1) is 0 Å². The second-order valence-corrected chi connectivity index (χ2v) is 8.11. The van der Waals surface area contributed by atoms with Crippen LogP contribution in [0.25, 0.3) is 11.0 Å². The Morgan fingerprint density at radius 2 is 1.76 bits per heavy atom. The minimum Gasteiger partial charge on any atom is -0.454 e. The van der Waals surface area contributed by atoms with Crippen molar-refractivity contribution in [2.75, 3.05) is 17.4 Å². The minimum absolute atomic E-state index is 0.0473. The molecule has 2 N–H and O–H groups in total. The maximum Gasteiger partial charge on any atom is 0.293 e. The van der Waals surface area contributed by atoms with Crippen molar-refractivity contribution in [2.24, 2.45) is 5.41 Å². The number of hydrogen-bond donors (Lipinski definition) is 2. The number of nitrogens with one attached hydrogen (secondary N) is 2. The molecule has 4 rings (SSSR count). The molecule has 2 heterocycles. The Bertz CT molecular complexity index is 1090. The Kier molecular flexibility index (Phi) is 4.66. The summed E-state index contributed by atoms with van der Waals surface area (Å²) < 4.78 is 16.4. The number of hydrogen-bond acceptors (Lipinski definition) is 5. The zero-order valence-corrected chi connectivity index (χ0v) is 16.5. The second kappa shape index (κ2) is 7.16. The number of para-hydroxylation sites is 1. The van der Waals surface area contributed by atoms with E-state index in [1.807, 2.05) is 39.0 Å². The molecule has 1 aromatic heterocycles. The van der Waals surface area contributed by atoms with Crippen LogP contribution < -0.4 is 20.1 Å². The van der Waals surface area contributed by atoms with Gasteiger partial charge in [-0.2, -0.15) is 0 Å². The van der Waals surface area contributed by atoms with Crippen LogP contribution in [0.4, 0.5) is 11.4 Å². The smallest absolute Gasteiger partial charge is 0.293 e. The molecule has 29 heavy (non-hydrogen) atoms. The van der Waals surface area contributed by atoms with Gasteiger partial charge in [-0.05, 0) is 29.7 Å². The van der Waals surface area contributed by atoms with Crippen molar-refractivity contribution in [1.29, 1.82) is 0 Å². The van der Waals surface area contributed by atoms with Crippen LogP contribution in [0, 0.1) is 5.41 Å². The Labute approximate surface area is 168 Å². The summed E-state index contributed by atoms with van der Waals surface area (Å²) in [5.41, 5.74) is 1.24. The van der Waals surface area contributed by atoms with Crippen molar-refractivity contribution >= 4 is 34.2 Å². The minimum atomic E-state index is -0.467. The lowest BCUT2D eigenvalue weighted by atomic mass is 9.92. The molecular formula is C22H22N2O5. The number of anilines is 2. The number of furan rings is 1. The van der Waals surface area contributed by atoms with E-state index >= 15 is 0 Å². The first-order valence-corrected chi connectivity index (χ1v) is 9.32. The van der Waals surface area contributed by atoms with E-state index in [1.165, 1.54) is 0 Å². The molecule has 0 bridgehead atoms. The molecule has 0 saturated carbocycles. The summed E-state index contributed by atoms with van der Waals surface area (Å²) >= 11 is 0. The zero-order chi connectivity index (χ0) is 20.6. The first kappa shape index (κ1) is 18.9. The van der Waals surface area contributed by atoms with E-state index in [4.69, 9.17) is 13.9 Å². The summed E-state index contributed by atoms with van der Waals surface area (Å²) in [5.74, 6) is 0.589. The molecule has 1 aliphatic heterocycles. The maximum atomic E-state index is 12.9. The van der Waals surface area contributed by atoms with Crippen molar-refractivity contribution in [3.8, 4) is 11.5 Å². The van der Waals surface area contributed by atoms with Crippen molar-refractivity contribution in [3.05, 3.63) is 48.2 Å². The van der Waals surface area contributed by atoms with E-state index in [0.717, 1.165) is 0 Å². The van der Waals surface area contributed by atoms with Crippen LogP contribution in [0.3, 0.4) is 0 Å². The first-order chi connectivity index (χ1) is 13.8. The molecule has 1 aliphatic rings. The van der Waals surface area contributed by atoms with Gasteiger partial charge in [0, 0.05) is 23.6 Å². The molecule has 3 aromatic rings. The lowest BCUT2D eigenvalue weighted by Crippen LogP contribution is -2.21. The molecule has 150 valence electrons. The van der Waals surface area contributed by atoms with Crippen LogP contribution in [0.5, 0.6) is 11.5 Å². The SMILES string of the molecule is CC(C)(C)CC(=O)Nc1c(C(=O)Nc2ccc3c(c2)OCO3)oc2ccccc12. The van der Waals surface area contributed by atoms with E-state index in [1.54, 1.807) is 24.3 Å². The van der Waals surface area contributed by atoms with Crippen LogP contribution in [-0.2, 0) is 4.79 Å². The van der Waals surface area contributed by atoms with Gasteiger partial charge in [-0.1, -0.05) is 32.9 Å². The summed E-state index contributed by atoms with van der Waals surface area (Å²) in [5, 5.41) is 6.32. The predicted octanol–water partition coefficient (Wildman–Crippen LogP) is 4.79. The molecular weight excluding hydrogens is 372 g/mol. The topological polar surface area (TPSA) is 89.8 Å².